The van der Waals surface area contributed by atoms with Crippen molar-refractivity contribution in [3.8, 4) is 5.69 Å². The Morgan fingerprint density at radius 1 is 1.03 bits per heavy atom. The standard InChI is InChI=1S/C23H25FN4O/c1-15-5-8-21(11-16(15)2)25-14-23(29)27-26-13-19-12-17(3)28(18(19)4)22-9-6-20(24)7-10-22/h5-13,25H,14H2,1-4H3,(H,27,29)/b26-13-. The zero-order chi connectivity index (χ0) is 21.0. The molecule has 3 rings (SSSR count). The summed E-state index contributed by atoms with van der Waals surface area (Å²) >= 11 is 0. The van der Waals surface area contributed by atoms with Crippen molar-refractivity contribution in [1.82, 2.24) is 9.99 Å². The predicted octanol–water partition coefficient (Wildman–Crippen LogP) is 4.41. The van der Waals surface area contributed by atoms with Crippen LogP contribution >= 0.6 is 0 Å². The van der Waals surface area contributed by atoms with Gasteiger partial charge in [0, 0.05) is 28.3 Å². The summed E-state index contributed by atoms with van der Waals surface area (Å²) in [6, 6.07) is 14.3. The Labute approximate surface area is 170 Å². The monoisotopic (exact) mass is 392 g/mol. The number of hydrogen-bond acceptors (Lipinski definition) is 3. The Morgan fingerprint density at radius 3 is 2.45 bits per heavy atom. The van der Waals surface area contributed by atoms with E-state index in [9.17, 15) is 9.18 Å². The summed E-state index contributed by atoms with van der Waals surface area (Å²) in [5.41, 5.74) is 9.54. The number of nitrogens with one attached hydrogen (secondary N) is 2. The zero-order valence-corrected chi connectivity index (χ0v) is 17.1. The molecule has 0 aliphatic rings. The van der Waals surface area contributed by atoms with Crippen molar-refractivity contribution in [3.05, 3.63) is 82.4 Å². The summed E-state index contributed by atoms with van der Waals surface area (Å²) in [7, 11) is 0. The molecule has 3 aromatic rings. The lowest BCUT2D eigenvalue weighted by Gasteiger charge is -2.09. The summed E-state index contributed by atoms with van der Waals surface area (Å²) in [5.74, 6) is -0.498. The van der Waals surface area contributed by atoms with Gasteiger partial charge in [-0.25, -0.2) is 9.82 Å². The molecule has 2 N–H and O–H groups in total. The van der Waals surface area contributed by atoms with Gasteiger partial charge in [-0.15, -0.1) is 0 Å². The van der Waals surface area contributed by atoms with Crippen LogP contribution in [0.4, 0.5) is 10.1 Å². The van der Waals surface area contributed by atoms with Crippen LogP contribution in [0.1, 0.15) is 28.1 Å². The van der Waals surface area contributed by atoms with Gasteiger partial charge in [-0.2, -0.15) is 5.10 Å². The van der Waals surface area contributed by atoms with Crippen LogP contribution in [-0.4, -0.2) is 23.2 Å². The lowest BCUT2D eigenvalue weighted by atomic mass is 10.1. The maximum Gasteiger partial charge on any atom is 0.259 e. The highest BCUT2D eigenvalue weighted by molar-refractivity contribution is 5.85. The van der Waals surface area contributed by atoms with Gasteiger partial charge in [0.05, 0.1) is 12.8 Å². The van der Waals surface area contributed by atoms with Crippen molar-refractivity contribution < 1.29 is 9.18 Å². The third-order valence-corrected chi connectivity index (χ3v) is 4.91. The Hall–Kier alpha value is -3.41. The molecular formula is C23H25FN4O. The molecule has 0 aliphatic carbocycles. The van der Waals surface area contributed by atoms with E-state index < -0.39 is 0 Å². The van der Waals surface area contributed by atoms with E-state index in [1.807, 2.05) is 56.5 Å². The van der Waals surface area contributed by atoms with E-state index in [-0.39, 0.29) is 18.3 Å². The topological polar surface area (TPSA) is 58.4 Å². The van der Waals surface area contributed by atoms with Crippen molar-refractivity contribution in [2.45, 2.75) is 27.7 Å². The molecule has 0 saturated heterocycles. The zero-order valence-electron chi connectivity index (χ0n) is 17.1. The second kappa shape index (κ2) is 8.73. The van der Waals surface area contributed by atoms with E-state index in [0.717, 1.165) is 28.3 Å². The minimum atomic E-state index is -0.268. The smallest absolute Gasteiger partial charge is 0.259 e. The van der Waals surface area contributed by atoms with Gasteiger partial charge < -0.3 is 9.88 Å². The molecule has 0 radical (unpaired) electrons. The van der Waals surface area contributed by atoms with E-state index in [1.54, 1.807) is 18.3 Å². The number of nitrogens with zero attached hydrogens (tertiary/aromatic N) is 2. The molecule has 6 heteroatoms. The Bertz CT molecular complexity index is 1050. The molecule has 0 atom stereocenters. The van der Waals surface area contributed by atoms with Crippen LogP contribution in [0.3, 0.4) is 0 Å². The van der Waals surface area contributed by atoms with Gasteiger partial charge in [0.15, 0.2) is 0 Å². The molecule has 1 amide bonds. The number of anilines is 1. The van der Waals surface area contributed by atoms with Crippen LogP contribution in [0.5, 0.6) is 0 Å². The Morgan fingerprint density at radius 2 is 1.76 bits per heavy atom. The quantitative estimate of drug-likeness (QED) is 0.482. The van der Waals surface area contributed by atoms with E-state index in [4.69, 9.17) is 0 Å². The molecule has 2 aromatic carbocycles. The number of carbonyl (C=O) groups is 1. The molecule has 1 aromatic heterocycles. The van der Waals surface area contributed by atoms with E-state index >= 15 is 0 Å². The lowest BCUT2D eigenvalue weighted by Crippen LogP contribution is -2.25. The fraction of sp³-hybridized carbons (Fsp3) is 0.217. The molecule has 150 valence electrons. The number of amides is 1. The molecule has 0 aliphatic heterocycles. The summed E-state index contributed by atoms with van der Waals surface area (Å²) in [4.78, 5) is 12.0. The molecule has 0 saturated carbocycles. The molecule has 0 fully saturated rings. The van der Waals surface area contributed by atoms with Crippen LogP contribution in [0.2, 0.25) is 0 Å². The van der Waals surface area contributed by atoms with Gasteiger partial charge in [-0.3, -0.25) is 4.79 Å². The second-order valence-corrected chi connectivity index (χ2v) is 7.08. The largest absolute Gasteiger partial charge is 0.376 e. The first-order chi connectivity index (χ1) is 13.8. The normalized spacial score (nSPS) is 11.1. The highest BCUT2D eigenvalue weighted by Crippen LogP contribution is 2.20. The second-order valence-electron chi connectivity index (χ2n) is 7.08. The number of aryl methyl sites for hydroxylation is 3. The van der Waals surface area contributed by atoms with E-state index in [1.165, 1.54) is 23.3 Å². The average Bonchev–Trinajstić information content (AvgIpc) is 2.97. The predicted molar refractivity (Wildman–Crippen MR) is 115 cm³/mol. The van der Waals surface area contributed by atoms with E-state index in [2.05, 4.69) is 15.8 Å². The van der Waals surface area contributed by atoms with Crippen LogP contribution in [0, 0.1) is 33.5 Å². The number of halogens is 1. The Balaban J connectivity index is 1.61. The fourth-order valence-corrected chi connectivity index (χ4v) is 3.15. The number of hydrazone groups is 1. The molecule has 1 heterocycles. The number of hydrogen-bond donors (Lipinski definition) is 2. The lowest BCUT2D eigenvalue weighted by molar-refractivity contribution is -0.119. The van der Waals surface area contributed by atoms with Crippen molar-refractivity contribution in [2.24, 2.45) is 5.10 Å². The third kappa shape index (κ3) is 4.90. The van der Waals surface area contributed by atoms with Crippen molar-refractivity contribution in [3.63, 3.8) is 0 Å². The van der Waals surface area contributed by atoms with Gasteiger partial charge in [0.1, 0.15) is 5.82 Å². The number of benzene rings is 2. The molecule has 0 bridgehead atoms. The van der Waals surface area contributed by atoms with Gasteiger partial charge in [0.2, 0.25) is 0 Å². The summed E-state index contributed by atoms with van der Waals surface area (Å²) in [5, 5.41) is 7.16. The van der Waals surface area contributed by atoms with Gasteiger partial charge in [-0.05, 0) is 81.3 Å². The van der Waals surface area contributed by atoms with Crippen LogP contribution in [-0.2, 0) is 4.79 Å². The van der Waals surface area contributed by atoms with Gasteiger partial charge in [0.25, 0.3) is 5.91 Å². The van der Waals surface area contributed by atoms with E-state index in [0.29, 0.717) is 0 Å². The van der Waals surface area contributed by atoms with Gasteiger partial charge in [-0.1, -0.05) is 6.07 Å². The fourth-order valence-electron chi connectivity index (χ4n) is 3.15. The van der Waals surface area contributed by atoms with Gasteiger partial charge >= 0.3 is 0 Å². The summed E-state index contributed by atoms with van der Waals surface area (Å²) in [6.07, 6.45) is 1.62. The first-order valence-electron chi connectivity index (χ1n) is 9.43. The highest BCUT2D eigenvalue weighted by Gasteiger charge is 2.09. The van der Waals surface area contributed by atoms with Crippen molar-refractivity contribution >= 4 is 17.8 Å². The third-order valence-electron chi connectivity index (χ3n) is 4.91. The minimum absolute atomic E-state index is 0.133. The maximum absolute atomic E-state index is 13.2. The summed E-state index contributed by atoms with van der Waals surface area (Å²) in [6.45, 7) is 8.15. The molecule has 0 unspecified atom stereocenters. The number of aromatic nitrogens is 1. The average molecular weight is 392 g/mol. The Kier molecular flexibility index (Phi) is 6.12. The van der Waals surface area contributed by atoms with Crippen LogP contribution < -0.4 is 10.7 Å². The summed E-state index contributed by atoms with van der Waals surface area (Å²) < 4.78 is 15.2. The first kappa shape index (κ1) is 20.3. The van der Waals surface area contributed by atoms with Crippen LogP contribution in [0.25, 0.3) is 5.69 Å². The highest BCUT2D eigenvalue weighted by atomic mass is 19.1. The molecule has 29 heavy (non-hydrogen) atoms. The molecular weight excluding hydrogens is 367 g/mol. The van der Waals surface area contributed by atoms with Crippen LogP contribution in [0.15, 0.2) is 53.6 Å². The van der Waals surface area contributed by atoms with Crippen molar-refractivity contribution in [2.75, 3.05) is 11.9 Å². The number of rotatable bonds is 6. The minimum Gasteiger partial charge on any atom is -0.376 e. The molecule has 0 spiro atoms. The number of carbonyl (C=O) groups excluding carboxylic acids is 1. The first-order valence-corrected chi connectivity index (χ1v) is 9.43. The van der Waals surface area contributed by atoms with Crippen molar-refractivity contribution in [1.29, 1.82) is 0 Å². The SMILES string of the molecule is Cc1ccc(NCC(=O)N/N=C\c2cc(C)n(-c3ccc(F)cc3)c2C)cc1C. The maximum atomic E-state index is 13.2. The molecule has 5 nitrogen and oxygen atoms in total.